The number of likely N-dealkylation sites (tertiary alicyclic amines) is 1. The summed E-state index contributed by atoms with van der Waals surface area (Å²) < 4.78 is 48.0. The van der Waals surface area contributed by atoms with Gasteiger partial charge in [-0.3, -0.25) is 9.69 Å². The van der Waals surface area contributed by atoms with Crippen molar-refractivity contribution in [3.8, 4) is 11.6 Å². The number of carbonyl (C=O) groups is 2. The molecule has 1 aliphatic heterocycles. The molecule has 4 rings (SSSR count). The minimum Gasteiger partial charge on any atom is -0.487 e. The Kier molecular flexibility index (Phi) is 7.22. The number of alkyl halides is 2. The molecule has 2 aromatic heterocycles. The third-order valence-electron chi connectivity index (χ3n) is 6.61. The number of ether oxygens (including phenoxy) is 2. The first-order valence-electron chi connectivity index (χ1n) is 12.2. The summed E-state index contributed by atoms with van der Waals surface area (Å²) in [5.41, 5.74) is 0.0929. The van der Waals surface area contributed by atoms with Gasteiger partial charge in [0.1, 0.15) is 29.7 Å². The number of pyridine rings is 1. The summed E-state index contributed by atoms with van der Waals surface area (Å²) in [4.78, 5) is 30.1. The lowest BCUT2D eigenvalue weighted by Gasteiger charge is -2.49. The normalized spacial score (nSPS) is 19.3. The number of hydrogen-bond acceptors (Lipinski definition) is 6. The first kappa shape index (κ1) is 27.2. The lowest BCUT2D eigenvalue weighted by Crippen LogP contribution is -2.68. The predicted octanol–water partition coefficient (Wildman–Crippen LogP) is 5.26. The van der Waals surface area contributed by atoms with Crippen molar-refractivity contribution in [1.82, 2.24) is 15.2 Å². The van der Waals surface area contributed by atoms with E-state index in [9.17, 15) is 14.7 Å². The molecule has 1 fully saturated rings. The van der Waals surface area contributed by atoms with Gasteiger partial charge in [0.25, 0.3) is 11.8 Å². The molecule has 3 aromatic rings. The third kappa shape index (κ3) is 5.23. The molecule has 2 N–H and O–H groups in total. The van der Waals surface area contributed by atoms with E-state index in [1.54, 1.807) is 64.1 Å². The Labute approximate surface area is 218 Å². The van der Waals surface area contributed by atoms with Crippen LogP contribution in [0.5, 0.6) is 11.6 Å². The molecule has 2 unspecified atom stereocenters. The van der Waals surface area contributed by atoms with Crippen molar-refractivity contribution in [3.05, 3.63) is 53.4 Å². The molecule has 0 spiro atoms. The van der Waals surface area contributed by atoms with Crippen molar-refractivity contribution >= 4 is 23.0 Å². The highest BCUT2D eigenvalue weighted by Crippen LogP contribution is 2.43. The minimum atomic E-state index is -3.50. The molecule has 38 heavy (non-hydrogen) atoms. The molecular formula is C27H31F2N3O6. The fraction of sp³-hybridized carbons (Fsp3) is 0.444. The van der Waals surface area contributed by atoms with Gasteiger partial charge in [0.05, 0.1) is 24.4 Å². The van der Waals surface area contributed by atoms with Gasteiger partial charge in [-0.15, -0.1) is 0 Å². The molecule has 0 bridgehead atoms. The molecular weight excluding hydrogens is 500 g/mol. The number of aromatic nitrogens is 1. The minimum absolute atomic E-state index is 0.119. The van der Waals surface area contributed by atoms with Crippen LogP contribution in [0.3, 0.4) is 0 Å². The second kappa shape index (κ2) is 10.1. The van der Waals surface area contributed by atoms with Gasteiger partial charge in [-0.05, 0) is 43.0 Å². The zero-order valence-corrected chi connectivity index (χ0v) is 21.9. The predicted molar refractivity (Wildman–Crippen MR) is 135 cm³/mol. The van der Waals surface area contributed by atoms with Crippen molar-refractivity contribution in [2.45, 2.75) is 58.7 Å². The van der Waals surface area contributed by atoms with E-state index in [0.717, 1.165) is 4.90 Å². The van der Waals surface area contributed by atoms with E-state index in [-0.39, 0.29) is 30.9 Å². The standard InChI is InChI=1S/C27H31F2N3O6/c1-15-22(23(33)31-20-11-12-32(25(34)35)24(26(2,3)4)27(20,28)29)18-13-17(9-10-19(18)38-15)37-14-16-7-6-8-21(30-16)36-5/h6-10,13,20,24H,11-12,14H2,1-5H3,(H,31,33)(H,34,35). The molecule has 0 radical (unpaired) electrons. The maximum atomic E-state index is 15.7. The number of piperidine rings is 1. The summed E-state index contributed by atoms with van der Waals surface area (Å²) in [6.07, 6.45) is -1.64. The number of fused-ring (bicyclic) bond motifs is 1. The summed E-state index contributed by atoms with van der Waals surface area (Å²) >= 11 is 0. The summed E-state index contributed by atoms with van der Waals surface area (Å²) in [5, 5.41) is 12.4. The van der Waals surface area contributed by atoms with Crippen LogP contribution in [0.1, 0.15) is 49.0 Å². The highest BCUT2D eigenvalue weighted by molar-refractivity contribution is 6.07. The number of carboxylic acid groups (broad SMARTS) is 1. The van der Waals surface area contributed by atoms with Crippen LogP contribution in [-0.4, -0.2) is 58.7 Å². The van der Waals surface area contributed by atoms with Crippen LogP contribution in [-0.2, 0) is 6.61 Å². The van der Waals surface area contributed by atoms with E-state index in [2.05, 4.69) is 10.3 Å². The summed E-state index contributed by atoms with van der Waals surface area (Å²) in [7, 11) is 1.52. The topological polar surface area (TPSA) is 114 Å². The molecule has 11 heteroatoms. The Balaban J connectivity index is 1.57. The molecule has 0 aliphatic carbocycles. The number of halogens is 2. The van der Waals surface area contributed by atoms with E-state index < -0.39 is 35.4 Å². The molecule has 9 nitrogen and oxygen atoms in total. The molecule has 1 saturated heterocycles. The number of furan rings is 1. The van der Waals surface area contributed by atoms with Gasteiger partial charge in [-0.2, -0.15) is 0 Å². The van der Waals surface area contributed by atoms with Gasteiger partial charge in [-0.25, -0.2) is 18.6 Å². The molecule has 0 saturated carbocycles. The summed E-state index contributed by atoms with van der Waals surface area (Å²) in [6, 6.07) is 7.05. The lowest BCUT2D eigenvalue weighted by atomic mass is 9.76. The van der Waals surface area contributed by atoms with Crippen molar-refractivity contribution in [2.75, 3.05) is 13.7 Å². The highest BCUT2D eigenvalue weighted by atomic mass is 19.3. The number of aryl methyl sites for hydroxylation is 1. The fourth-order valence-electron chi connectivity index (χ4n) is 5.02. The molecule has 1 aromatic carbocycles. The van der Waals surface area contributed by atoms with Gasteiger partial charge in [-0.1, -0.05) is 26.8 Å². The second-order valence-electron chi connectivity index (χ2n) is 10.4. The van der Waals surface area contributed by atoms with Crippen LogP contribution >= 0.6 is 0 Å². The number of methoxy groups -OCH3 is 1. The number of hydrogen-bond donors (Lipinski definition) is 2. The smallest absolute Gasteiger partial charge is 0.407 e. The number of benzene rings is 1. The third-order valence-corrected chi connectivity index (χ3v) is 6.61. The van der Waals surface area contributed by atoms with E-state index in [1.807, 2.05) is 0 Å². The van der Waals surface area contributed by atoms with E-state index in [4.69, 9.17) is 13.9 Å². The molecule has 204 valence electrons. The largest absolute Gasteiger partial charge is 0.487 e. The Morgan fingerprint density at radius 1 is 1.26 bits per heavy atom. The molecule has 3 heterocycles. The Bertz CT molecular complexity index is 1350. The first-order chi connectivity index (χ1) is 17.8. The van der Waals surface area contributed by atoms with Crippen molar-refractivity contribution in [3.63, 3.8) is 0 Å². The van der Waals surface area contributed by atoms with Crippen molar-refractivity contribution in [1.29, 1.82) is 0 Å². The Morgan fingerprint density at radius 2 is 2.00 bits per heavy atom. The van der Waals surface area contributed by atoms with Crippen LogP contribution in [0.25, 0.3) is 11.0 Å². The van der Waals surface area contributed by atoms with Crippen LogP contribution in [0.4, 0.5) is 13.6 Å². The van der Waals surface area contributed by atoms with Crippen LogP contribution in [0.2, 0.25) is 0 Å². The number of carbonyl (C=O) groups excluding carboxylic acids is 1. The van der Waals surface area contributed by atoms with Gasteiger partial charge >= 0.3 is 6.09 Å². The average molecular weight is 532 g/mol. The first-order valence-corrected chi connectivity index (χ1v) is 12.2. The van der Waals surface area contributed by atoms with Gasteiger partial charge in [0.15, 0.2) is 0 Å². The van der Waals surface area contributed by atoms with Gasteiger partial charge < -0.3 is 24.3 Å². The number of amides is 2. The molecule has 2 amide bonds. The summed E-state index contributed by atoms with van der Waals surface area (Å²) in [5.74, 6) is -3.08. The van der Waals surface area contributed by atoms with Gasteiger partial charge in [0.2, 0.25) is 5.88 Å². The van der Waals surface area contributed by atoms with Crippen LogP contribution in [0, 0.1) is 12.3 Å². The molecule has 2 atom stereocenters. The van der Waals surface area contributed by atoms with E-state index in [0.29, 0.717) is 28.3 Å². The summed E-state index contributed by atoms with van der Waals surface area (Å²) in [6.45, 7) is 6.27. The number of nitrogens with one attached hydrogen (secondary N) is 1. The molecule has 1 aliphatic rings. The van der Waals surface area contributed by atoms with Crippen molar-refractivity contribution < 1.29 is 37.4 Å². The second-order valence-corrected chi connectivity index (χ2v) is 10.4. The zero-order valence-electron chi connectivity index (χ0n) is 21.9. The zero-order chi connectivity index (χ0) is 27.8. The maximum absolute atomic E-state index is 15.7. The van der Waals surface area contributed by atoms with E-state index in [1.165, 1.54) is 7.11 Å². The monoisotopic (exact) mass is 531 g/mol. The van der Waals surface area contributed by atoms with Crippen molar-refractivity contribution in [2.24, 2.45) is 5.41 Å². The van der Waals surface area contributed by atoms with E-state index >= 15 is 8.78 Å². The van der Waals surface area contributed by atoms with Crippen LogP contribution in [0.15, 0.2) is 40.8 Å². The SMILES string of the molecule is COc1cccc(COc2ccc3oc(C)c(C(=O)NC4CCN(C(=O)O)C(C(C)(C)C)C4(F)F)c3c2)n1. The number of nitrogens with zero attached hydrogens (tertiary/aromatic N) is 2. The van der Waals surface area contributed by atoms with Crippen LogP contribution < -0.4 is 14.8 Å². The average Bonchev–Trinajstić information content (AvgIpc) is 3.17. The lowest BCUT2D eigenvalue weighted by molar-refractivity contribution is -0.154. The fourth-order valence-corrected chi connectivity index (χ4v) is 5.02. The van der Waals surface area contributed by atoms with Gasteiger partial charge in [0, 0.05) is 18.0 Å². The Hall–Kier alpha value is -3.89. The highest BCUT2D eigenvalue weighted by Gasteiger charge is 2.59. The number of rotatable bonds is 6. The quantitative estimate of drug-likeness (QED) is 0.446. The Morgan fingerprint density at radius 3 is 2.66 bits per heavy atom. The maximum Gasteiger partial charge on any atom is 0.407 e.